The number of aliphatic hydroxyl groups is 1. The lowest BCUT2D eigenvalue weighted by Crippen LogP contribution is -2.35. The molecule has 1 aromatic heterocycles. The normalized spacial score (nSPS) is 13.4. The Balaban J connectivity index is 2.01. The number of amides is 1. The smallest absolute Gasteiger partial charge is 0.261 e. The molecule has 0 aliphatic carbocycles. The molecular formula is C16H21NO2S. The summed E-state index contributed by atoms with van der Waals surface area (Å²) in [6, 6.07) is 9.92. The first-order valence-corrected chi connectivity index (χ1v) is 7.64. The van der Waals surface area contributed by atoms with Gasteiger partial charge in [0.05, 0.1) is 11.0 Å². The average molecular weight is 291 g/mol. The first-order chi connectivity index (χ1) is 9.37. The van der Waals surface area contributed by atoms with Crippen molar-refractivity contribution in [1.29, 1.82) is 0 Å². The van der Waals surface area contributed by atoms with E-state index in [1.165, 1.54) is 11.3 Å². The molecule has 1 amide bonds. The highest BCUT2D eigenvalue weighted by atomic mass is 32.1. The number of carbonyl (C=O) groups excluding carboxylic acids is 1. The number of aliphatic hydroxyl groups excluding tert-OH is 1. The fourth-order valence-corrected chi connectivity index (χ4v) is 3.35. The summed E-state index contributed by atoms with van der Waals surface area (Å²) in [6.45, 7) is 6.43. The largest absolute Gasteiger partial charge is 0.393 e. The van der Waals surface area contributed by atoms with E-state index in [-0.39, 0.29) is 17.4 Å². The van der Waals surface area contributed by atoms with Crippen LogP contribution in [-0.4, -0.2) is 23.7 Å². The van der Waals surface area contributed by atoms with Gasteiger partial charge in [0.1, 0.15) is 0 Å². The topological polar surface area (TPSA) is 49.3 Å². The minimum atomic E-state index is -0.355. The van der Waals surface area contributed by atoms with Crippen molar-refractivity contribution in [2.24, 2.45) is 5.41 Å². The lowest BCUT2D eigenvalue weighted by molar-refractivity contribution is 0.0906. The SMILES string of the molecule is CC(O)CC(C)(C)CNC(=O)c1cc2ccccc2s1. The zero-order chi connectivity index (χ0) is 14.8. The molecule has 2 aromatic rings. The van der Waals surface area contributed by atoms with Crippen molar-refractivity contribution < 1.29 is 9.90 Å². The zero-order valence-electron chi connectivity index (χ0n) is 12.1. The van der Waals surface area contributed by atoms with Gasteiger partial charge in [-0.15, -0.1) is 11.3 Å². The minimum Gasteiger partial charge on any atom is -0.393 e. The van der Waals surface area contributed by atoms with Gasteiger partial charge in [0, 0.05) is 11.2 Å². The summed E-state index contributed by atoms with van der Waals surface area (Å²) in [6.07, 6.45) is 0.311. The van der Waals surface area contributed by atoms with Crippen molar-refractivity contribution >= 4 is 27.3 Å². The van der Waals surface area contributed by atoms with E-state index in [2.05, 4.69) is 5.32 Å². The second-order valence-electron chi connectivity index (χ2n) is 6.05. The molecule has 2 N–H and O–H groups in total. The molecule has 1 atom stereocenters. The molecule has 4 heteroatoms. The molecule has 0 spiro atoms. The van der Waals surface area contributed by atoms with Gasteiger partial charge in [-0.1, -0.05) is 32.0 Å². The van der Waals surface area contributed by atoms with Gasteiger partial charge >= 0.3 is 0 Å². The first kappa shape index (κ1) is 15.0. The molecule has 1 unspecified atom stereocenters. The van der Waals surface area contributed by atoms with E-state index in [4.69, 9.17) is 0 Å². The number of hydrogen-bond acceptors (Lipinski definition) is 3. The van der Waals surface area contributed by atoms with Crippen molar-refractivity contribution in [3.8, 4) is 0 Å². The number of benzene rings is 1. The molecule has 108 valence electrons. The Morgan fingerprint density at radius 3 is 2.75 bits per heavy atom. The molecule has 0 aliphatic rings. The second-order valence-corrected chi connectivity index (χ2v) is 7.13. The van der Waals surface area contributed by atoms with Crippen molar-refractivity contribution in [2.45, 2.75) is 33.3 Å². The summed E-state index contributed by atoms with van der Waals surface area (Å²) in [5.74, 6) is -0.0372. The van der Waals surface area contributed by atoms with Crippen LogP contribution in [0.15, 0.2) is 30.3 Å². The molecule has 20 heavy (non-hydrogen) atoms. The molecule has 0 fully saturated rings. The van der Waals surface area contributed by atoms with E-state index >= 15 is 0 Å². The fraction of sp³-hybridized carbons (Fsp3) is 0.438. The molecule has 2 rings (SSSR count). The summed E-state index contributed by atoms with van der Waals surface area (Å²) >= 11 is 1.51. The van der Waals surface area contributed by atoms with Gasteiger partial charge in [0.15, 0.2) is 0 Å². The number of thiophene rings is 1. The van der Waals surface area contributed by atoms with Crippen LogP contribution in [-0.2, 0) is 0 Å². The zero-order valence-corrected chi connectivity index (χ0v) is 13.0. The first-order valence-electron chi connectivity index (χ1n) is 6.82. The van der Waals surface area contributed by atoms with Crippen LogP contribution >= 0.6 is 11.3 Å². The minimum absolute atomic E-state index is 0.0372. The molecule has 0 radical (unpaired) electrons. The maximum atomic E-state index is 12.2. The molecular weight excluding hydrogens is 270 g/mol. The standard InChI is InChI=1S/C16H21NO2S/c1-11(18)9-16(2,3)10-17-15(19)14-8-12-6-4-5-7-13(12)20-14/h4-8,11,18H,9-10H2,1-3H3,(H,17,19). The fourth-order valence-electron chi connectivity index (χ4n) is 2.37. The quantitative estimate of drug-likeness (QED) is 0.886. The molecule has 0 bridgehead atoms. The third-order valence-corrected chi connectivity index (χ3v) is 4.34. The monoisotopic (exact) mass is 291 g/mol. The third-order valence-electron chi connectivity index (χ3n) is 3.22. The number of carbonyl (C=O) groups is 1. The van der Waals surface area contributed by atoms with Crippen LogP contribution in [0.25, 0.3) is 10.1 Å². The average Bonchev–Trinajstić information content (AvgIpc) is 2.78. The Bertz CT molecular complexity index is 568. The van der Waals surface area contributed by atoms with Crippen LogP contribution < -0.4 is 5.32 Å². The van der Waals surface area contributed by atoms with E-state index < -0.39 is 0 Å². The highest BCUT2D eigenvalue weighted by Gasteiger charge is 2.21. The highest BCUT2D eigenvalue weighted by molar-refractivity contribution is 7.20. The van der Waals surface area contributed by atoms with Gasteiger partial charge in [-0.25, -0.2) is 0 Å². The Hall–Kier alpha value is -1.39. The van der Waals surface area contributed by atoms with Crippen molar-refractivity contribution in [3.05, 3.63) is 35.2 Å². The van der Waals surface area contributed by atoms with Gasteiger partial charge in [-0.3, -0.25) is 4.79 Å². The van der Waals surface area contributed by atoms with E-state index in [9.17, 15) is 9.90 Å². The van der Waals surface area contributed by atoms with Gasteiger partial charge in [-0.05, 0) is 36.3 Å². The number of fused-ring (bicyclic) bond motifs is 1. The van der Waals surface area contributed by atoms with Crippen LogP contribution in [0, 0.1) is 5.41 Å². The van der Waals surface area contributed by atoms with Crippen LogP contribution in [0.3, 0.4) is 0 Å². The maximum Gasteiger partial charge on any atom is 0.261 e. The van der Waals surface area contributed by atoms with Crippen LogP contribution in [0.4, 0.5) is 0 Å². The number of rotatable bonds is 5. The lowest BCUT2D eigenvalue weighted by atomic mass is 9.87. The summed E-state index contributed by atoms with van der Waals surface area (Å²) in [7, 11) is 0. The molecule has 1 aromatic carbocycles. The van der Waals surface area contributed by atoms with Crippen LogP contribution in [0.2, 0.25) is 0 Å². The van der Waals surface area contributed by atoms with Crippen LogP contribution in [0.5, 0.6) is 0 Å². The summed E-state index contributed by atoms with van der Waals surface area (Å²) in [5.41, 5.74) is -0.111. The van der Waals surface area contributed by atoms with Crippen molar-refractivity contribution in [1.82, 2.24) is 5.32 Å². The highest BCUT2D eigenvalue weighted by Crippen LogP contribution is 2.26. The van der Waals surface area contributed by atoms with Crippen molar-refractivity contribution in [3.63, 3.8) is 0 Å². The van der Waals surface area contributed by atoms with Gasteiger partial charge in [0.2, 0.25) is 0 Å². The summed E-state index contributed by atoms with van der Waals surface area (Å²) in [5, 5.41) is 13.5. The van der Waals surface area contributed by atoms with E-state index in [1.807, 2.05) is 44.2 Å². The molecule has 0 saturated carbocycles. The summed E-state index contributed by atoms with van der Waals surface area (Å²) in [4.78, 5) is 12.9. The molecule has 0 saturated heterocycles. The number of nitrogens with one attached hydrogen (secondary N) is 1. The van der Waals surface area contributed by atoms with Crippen molar-refractivity contribution in [2.75, 3.05) is 6.54 Å². The Morgan fingerprint density at radius 1 is 1.40 bits per heavy atom. The lowest BCUT2D eigenvalue weighted by Gasteiger charge is -2.26. The Labute approximate surface area is 123 Å². The van der Waals surface area contributed by atoms with E-state index in [1.54, 1.807) is 6.92 Å². The third kappa shape index (κ3) is 3.81. The summed E-state index contributed by atoms with van der Waals surface area (Å²) < 4.78 is 1.13. The van der Waals surface area contributed by atoms with Gasteiger partial charge in [-0.2, -0.15) is 0 Å². The number of hydrogen-bond donors (Lipinski definition) is 2. The molecule has 0 aliphatic heterocycles. The van der Waals surface area contributed by atoms with E-state index in [0.29, 0.717) is 13.0 Å². The van der Waals surface area contributed by atoms with Gasteiger partial charge < -0.3 is 10.4 Å². The predicted octanol–water partition coefficient (Wildman–Crippen LogP) is 3.43. The van der Waals surface area contributed by atoms with Gasteiger partial charge in [0.25, 0.3) is 5.91 Å². The Morgan fingerprint density at radius 2 is 2.10 bits per heavy atom. The molecule has 3 nitrogen and oxygen atoms in total. The molecule has 1 heterocycles. The second kappa shape index (κ2) is 5.94. The van der Waals surface area contributed by atoms with Crippen LogP contribution in [0.1, 0.15) is 36.9 Å². The Kier molecular flexibility index (Phi) is 4.45. The van der Waals surface area contributed by atoms with E-state index in [0.717, 1.165) is 15.0 Å². The maximum absolute atomic E-state index is 12.2. The predicted molar refractivity (Wildman–Crippen MR) is 84.2 cm³/mol.